The third-order valence-electron chi connectivity index (χ3n) is 4.27. The smallest absolute Gasteiger partial charge is 0.163 e. The summed E-state index contributed by atoms with van der Waals surface area (Å²) in [5, 5.41) is 3.44. The molecule has 0 aliphatic heterocycles. The van der Waals surface area contributed by atoms with Gasteiger partial charge in [0.15, 0.2) is 5.82 Å². The van der Waals surface area contributed by atoms with Crippen molar-refractivity contribution in [1.29, 1.82) is 0 Å². The van der Waals surface area contributed by atoms with Gasteiger partial charge in [-0.1, -0.05) is 48.5 Å². The summed E-state index contributed by atoms with van der Waals surface area (Å²) in [6.45, 7) is 4.73. The fourth-order valence-corrected chi connectivity index (χ4v) is 2.87. The van der Waals surface area contributed by atoms with Crippen molar-refractivity contribution in [2.45, 2.75) is 6.92 Å². The Balaban J connectivity index is 1.98. The highest BCUT2D eigenvalue weighted by Gasteiger charge is 2.13. The van der Waals surface area contributed by atoms with Gasteiger partial charge in [0.2, 0.25) is 0 Å². The number of para-hydroxylation sites is 1. The number of aromatic nitrogens is 2. The fraction of sp³-hybridized carbons (Fsp3) is 0.273. The van der Waals surface area contributed by atoms with Crippen LogP contribution >= 0.6 is 0 Å². The molecular weight excluding hydrogens is 334 g/mol. The van der Waals surface area contributed by atoms with Gasteiger partial charge in [-0.25, -0.2) is 9.97 Å². The highest BCUT2D eigenvalue weighted by molar-refractivity contribution is 5.67. The van der Waals surface area contributed by atoms with Crippen LogP contribution in [0.4, 0.5) is 17.3 Å². The number of nitrogens with zero attached hydrogens (tertiary/aromatic N) is 4. The van der Waals surface area contributed by atoms with E-state index in [2.05, 4.69) is 48.3 Å². The highest BCUT2D eigenvalue weighted by Crippen LogP contribution is 2.27. The zero-order valence-corrected chi connectivity index (χ0v) is 16.3. The first-order valence-corrected chi connectivity index (χ1v) is 9.33. The van der Waals surface area contributed by atoms with Crippen LogP contribution in [-0.4, -0.2) is 48.6 Å². The van der Waals surface area contributed by atoms with Gasteiger partial charge in [-0.15, -0.1) is 0 Å². The Hall–Kier alpha value is -2.92. The maximum absolute atomic E-state index is 4.86. The van der Waals surface area contributed by atoms with E-state index in [0.29, 0.717) is 0 Å². The first kappa shape index (κ1) is 18.9. The van der Waals surface area contributed by atoms with Gasteiger partial charge >= 0.3 is 0 Å². The quantitative estimate of drug-likeness (QED) is 0.649. The van der Waals surface area contributed by atoms with E-state index in [1.54, 1.807) is 0 Å². The summed E-state index contributed by atoms with van der Waals surface area (Å²) in [5.41, 5.74) is 2.14. The van der Waals surface area contributed by atoms with Crippen LogP contribution in [0, 0.1) is 0 Å². The Morgan fingerprint density at radius 2 is 1.56 bits per heavy atom. The Kier molecular flexibility index (Phi) is 6.39. The number of rotatable bonds is 8. The lowest BCUT2D eigenvalue weighted by atomic mass is 10.2. The third-order valence-corrected chi connectivity index (χ3v) is 4.27. The number of hydrogen-bond donors (Lipinski definition) is 1. The number of likely N-dealkylation sites (N-methyl/N-ethyl adjacent to an activating group) is 1. The second-order valence-corrected chi connectivity index (χ2v) is 6.61. The second kappa shape index (κ2) is 9.14. The van der Waals surface area contributed by atoms with E-state index in [9.17, 15) is 0 Å². The third kappa shape index (κ3) is 5.05. The lowest BCUT2D eigenvalue weighted by molar-refractivity contribution is 0.425. The zero-order valence-electron chi connectivity index (χ0n) is 16.3. The molecule has 0 amide bonds. The molecule has 0 saturated heterocycles. The van der Waals surface area contributed by atoms with E-state index in [1.807, 2.05) is 54.6 Å². The molecule has 0 aliphatic carbocycles. The van der Waals surface area contributed by atoms with Crippen LogP contribution in [0.3, 0.4) is 0 Å². The van der Waals surface area contributed by atoms with E-state index < -0.39 is 0 Å². The Labute approximate surface area is 161 Å². The van der Waals surface area contributed by atoms with E-state index in [1.165, 1.54) is 0 Å². The molecule has 0 unspecified atom stereocenters. The maximum atomic E-state index is 4.86. The number of nitrogens with one attached hydrogen (secondary N) is 1. The second-order valence-electron chi connectivity index (χ2n) is 6.61. The van der Waals surface area contributed by atoms with Crippen molar-refractivity contribution in [3.8, 4) is 11.4 Å². The van der Waals surface area contributed by atoms with Crippen molar-refractivity contribution in [3.05, 3.63) is 66.7 Å². The molecule has 0 bridgehead atoms. The van der Waals surface area contributed by atoms with Crippen LogP contribution in [-0.2, 0) is 0 Å². The van der Waals surface area contributed by atoms with Crippen molar-refractivity contribution in [1.82, 2.24) is 14.9 Å². The van der Waals surface area contributed by atoms with E-state index >= 15 is 0 Å². The molecule has 0 saturated carbocycles. The van der Waals surface area contributed by atoms with Gasteiger partial charge in [0.1, 0.15) is 11.6 Å². The minimum atomic E-state index is 0.731. The van der Waals surface area contributed by atoms with Crippen LogP contribution in [0.15, 0.2) is 66.7 Å². The molecule has 2 aromatic carbocycles. The summed E-state index contributed by atoms with van der Waals surface area (Å²) in [7, 11) is 4.13. The molecule has 0 spiro atoms. The van der Waals surface area contributed by atoms with Crippen molar-refractivity contribution >= 4 is 17.3 Å². The molecule has 5 heteroatoms. The predicted molar refractivity (Wildman–Crippen MR) is 114 cm³/mol. The van der Waals surface area contributed by atoms with Gasteiger partial charge < -0.3 is 15.1 Å². The molecule has 0 radical (unpaired) electrons. The summed E-state index contributed by atoms with van der Waals surface area (Å²) in [4.78, 5) is 14.0. The van der Waals surface area contributed by atoms with E-state index in [4.69, 9.17) is 9.97 Å². The van der Waals surface area contributed by atoms with Crippen molar-refractivity contribution in [2.24, 2.45) is 0 Å². The van der Waals surface area contributed by atoms with Crippen molar-refractivity contribution < 1.29 is 0 Å². The standard InChI is InChI=1S/C22H27N5/c1-4-27(19-13-9-6-10-14-19)21-17-20(23-15-16-26(2)3)24-22(25-21)18-11-7-5-8-12-18/h5-14,17H,4,15-16H2,1-3H3,(H,23,24,25). The minimum Gasteiger partial charge on any atom is -0.369 e. The van der Waals surface area contributed by atoms with Crippen molar-refractivity contribution in [3.63, 3.8) is 0 Å². The summed E-state index contributed by atoms with van der Waals surface area (Å²) in [6, 6.07) is 22.5. The molecule has 0 aliphatic rings. The van der Waals surface area contributed by atoms with E-state index in [0.717, 1.165) is 48.3 Å². The minimum absolute atomic E-state index is 0.731. The number of anilines is 3. The van der Waals surface area contributed by atoms with Crippen LogP contribution in [0.25, 0.3) is 11.4 Å². The summed E-state index contributed by atoms with van der Waals surface area (Å²) in [5.74, 6) is 2.47. The summed E-state index contributed by atoms with van der Waals surface area (Å²) < 4.78 is 0. The molecule has 27 heavy (non-hydrogen) atoms. The molecule has 1 aromatic heterocycles. The molecular formula is C22H27N5. The van der Waals surface area contributed by atoms with Gasteiger partial charge in [0.25, 0.3) is 0 Å². The van der Waals surface area contributed by atoms with Gasteiger partial charge in [-0.3, -0.25) is 0 Å². The van der Waals surface area contributed by atoms with E-state index in [-0.39, 0.29) is 0 Å². The number of benzene rings is 2. The van der Waals surface area contributed by atoms with Gasteiger partial charge in [-0.05, 0) is 33.2 Å². The molecule has 0 atom stereocenters. The normalized spacial score (nSPS) is 10.8. The zero-order chi connectivity index (χ0) is 19.1. The first-order chi connectivity index (χ1) is 13.2. The SMILES string of the molecule is CCN(c1ccccc1)c1cc(NCCN(C)C)nc(-c2ccccc2)n1. The number of hydrogen-bond acceptors (Lipinski definition) is 5. The topological polar surface area (TPSA) is 44.3 Å². The summed E-state index contributed by atoms with van der Waals surface area (Å²) >= 11 is 0. The lowest BCUT2D eigenvalue weighted by Gasteiger charge is -2.23. The molecule has 0 fully saturated rings. The van der Waals surface area contributed by atoms with Gasteiger partial charge in [0, 0.05) is 37.0 Å². The van der Waals surface area contributed by atoms with Gasteiger partial charge in [-0.2, -0.15) is 0 Å². The predicted octanol–water partition coefficient (Wildman–Crippen LogP) is 4.28. The maximum Gasteiger partial charge on any atom is 0.163 e. The molecule has 3 rings (SSSR count). The van der Waals surface area contributed by atoms with Gasteiger partial charge in [0.05, 0.1) is 0 Å². The molecule has 140 valence electrons. The largest absolute Gasteiger partial charge is 0.369 e. The Bertz CT molecular complexity index is 834. The molecule has 5 nitrogen and oxygen atoms in total. The van der Waals surface area contributed by atoms with Crippen molar-refractivity contribution in [2.75, 3.05) is 43.9 Å². The average Bonchev–Trinajstić information content (AvgIpc) is 2.70. The van der Waals surface area contributed by atoms with Crippen LogP contribution in [0.2, 0.25) is 0 Å². The summed E-state index contributed by atoms with van der Waals surface area (Å²) in [6.07, 6.45) is 0. The Morgan fingerprint density at radius 1 is 0.889 bits per heavy atom. The van der Waals surface area contributed by atoms with Crippen LogP contribution in [0.5, 0.6) is 0 Å². The van der Waals surface area contributed by atoms with Crippen LogP contribution in [0.1, 0.15) is 6.92 Å². The van der Waals surface area contributed by atoms with Crippen LogP contribution < -0.4 is 10.2 Å². The fourth-order valence-electron chi connectivity index (χ4n) is 2.87. The highest BCUT2D eigenvalue weighted by atomic mass is 15.2. The molecule has 1 N–H and O–H groups in total. The molecule has 1 heterocycles. The monoisotopic (exact) mass is 361 g/mol. The molecule has 3 aromatic rings. The Morgan fingerprint density at radius 3 is 2.19 bits per heavy atom. The first-order valence-electron chi connectivity index (χ1n) is 9.33. The lowest BCUT2D eigenvalue weighted by Crippen LogP contribution is -2.22. The average molecular weight is 361 g/mol.